The molecule has 156 valence electrons. The first-order valence-corrected chi connectivity index (χ1v) is 10.9. The van der Waals surface area contributed by atoms with Gasteiger partial charge in [-0.05, 0) is 25.1 Å². The molecule has 4 rings (SSSR count). The van der Waals surface area contributed by atoms with E-state index in [1.165, 1.54) is 17.7 Å². The number of halogens is 1. The number of hydrogen-bond donors (Lipinski definition) is 1. The van der Waals surface area contributed by atoms with E-state index in [4.69, 9.17) is 4.98 Å². The molecular formula is C23H25FN4OS. The predicted octanol–water partition coefficient (Wildman–Crippen LogP) is 4.01. The maximum Gasteiger partial charge on any atom is 0.238 e. The second kappa shape index (κ2) is 9.47. The fourth-order valence-corrected chi connectivity index (χ4v) is 4.33. The molecule has 2 heterocycles. The van der Waals surface area contributed by atoms with Gasteiger partial charge in [-0.2, -0.15) is 0 Å². The summed E-state index contributed by atoms with van der Waals surface area (Å²) in [6, 6.07) is 14.4. The Morgan fingerprint density at radius 2 is 1.83 bits per heavy atom. The first-order chi connectivity index (χ1) is 14.5. The zero-order valence-electron chi connectivity index (χ0n) is 17.0. The van der Waals surface area contributed by atoms with Crippen LogP contribution in [0.1, 0.15) is 11.3 Å². The van der Waals surface area contributed by atoms with Gasteiger partial charge in [-0.3, -0.25) is 14.6 Å². The van der Waals surface area contributed by atoms with E-state index >= 15 is 0 Å². The summed E-state index contributed by atoms with van der Waals surface area (Å²) in [5.41, 5.74) is 3.99. The first-order valence-electron chi connectivity index (χ1n) is 10.1. The molecule has 1 aliphatic rings. The summed E-state index contributed by atoms with van der Waals surface area (Å²) in [6.45, 7) is 6.67. The van der Waals surface area contributed by atoms with Crippen LogP contribution in [0, 0.1) is 12.7 Å². The molecule has 0 atom stereocenters. The molecule has 0 unspecified atom stereocenters. The van der Waals surface area contributed by atoms with Gasteiger partial charge < -0.3 is 5.32 Å². The number of aromatic nitrogens is 1. The van der Waals surface area contributed by atoms with Gasteiger partial charge in [0.1, 0.15) is 10.8 Å². The van der Waals surface area contributed by atoms with Gasteiger partial charge in [-0.15, -0.1) is 11.3 Å². The summed E-state index contributed by atoms with van der Waals surface area (Å²) < 4.78 is 13.2. The van der Waals surface area contributed by atoms with Crippen molar-refractivity contribution in [3.8, 4) is 10.6 Å². The molecule has 1 aromatic heterocycles. The number of thiazole rings is 1. The molecule has 1 N–H and O–H groups in total. The molecule has 1 saturated heterocycles. The zero-order chi connectivity index (χ0) is 20.9. The molecule has 1 amide bonds. The summed E-state index contributed by atoms with van der Waals surface area (Å²) in [7, 11) is 0. The Morgan fingerprint density at radius 1 is 1.10 bits per heavy atom. The molecule has 1 fully saturated rings. The Balaban J connectivity index is 1.24. The van der Waals surface area contributed by atoms with Crippen molar-refractivity contribution < 1.29 is 9.18 Å². The van der Waals surface area contributed by atoms with E-state index in [0.717, 1.165) is 49.0 Å². The molecule has 0 spiro atoms. The summed E-state index contributed by atoms with van der Waals surface area (Å²) in [4.78, 5) is 21.5. The van der Waals surface area contributed by atoms with Crippen LogP contribution in [-0.2, 0) is 11.3 Å². The average Bonchev–Trinajstić information content (AvgIpc) is 3.18. The molecule has 2 aromatic carbocycles. The summed E-state index contributed by atoms with van der Waals surface area (Å²) in [5, 5.41) is 5.95. The number of benzene rings is 2. The van der Waals surface area contributed by atoms with Gasteiger partial charge in [-0.1, -0.05) is 35.9 Å². The van der Waals surface area contributed by atoms with Crippen LogP contribution >= 0.6 is 11.3 Å². The molecule has 30 heavy (non-hydrogen) atoms. The van der Waals surface area contributed by atoms with E-state index in [1.54, 1.807) is 23.5 Å². The lowest BCUT2D eigenvalue weighted by molar-refractivity contribution is -0.117. The zero-order valence-corrected chi connectivity index (χ0v) is 17.8. The lowest BCUT2D eigenvalue weighted by Gasteiger charge is -2.33. The molecule has 7 heteroatoms. The van der Waals surface area contributed by atoms with Crippen LogP contribution in [0.25, 0.3) is 10.6 Å². The van der Waals surface area contributed by atoms with Crippen molar-refractivity contribution in [2.45, 2.75) is 13.5 Å². The minimum atomic E-state index is -0.353. The Kier molecular flexibility index (Phi) is 6.52. The highest BCUT2D eigenvalue weighted by molar-refractivity contribution is 7.13. The van der Waals surface area contributed by atoms with Crippen molar-refractivity contribution in [1.29, 1.82) is 0 Å². The highest BCUT2D eigenvalue weighted by Gasteiger charge is 2.20. The van der Waals surface area contributed by atoms with E-state index in [2.05, 4.69) is 51.7 Å². The quantitative estimate of drug-likeness (QED) is 0.650. The van der Waals surface area contributed by atoms with E-state index < -0.39 is 0 Å². The van der Waals surface area contributed by atoms with Crippen molar-refractivity contribution >= 4 is 22.9 Å². The van der Waals surface area contributed by atoms with E-state index in [9.17, 15) is 9.18 Å². The largest absolute Gasteiger partial charge is 0.325 e. The second-order valence-corrected chi connectivity index (χ2v) is 8.48. The maximum atomic E-state index is 13.2. The van der Waals surface area contributed by atoms with Crippen LogP contribution < -0.4 is 5.32 Å². The normalized spacial score (nSPS) is 15.3. The monoisotopic (exact) mass is 424 g/mol. The van der Waals surface area contributed by atoms with Crippen molar-refractivity contribution in [1.82, 2.24) is 14.8 Å². The Morgan fingerprint density at radius 3 is 2.57 bits per heavy atom. The number of amides is 1. The molecule has 3 aromatic rings. The number of nitrogens with zero attached hydrogens (tertiary/aromatic N) is 3. The lowest BCUT2D eigenvalue weighted by atomic mass is 10.2. The van der Waals surface area contributed by atoms with E-state index in [0.29, 0.717) is 12.2 Å². The molecule has 0 bridgehead atoms. The van der Waals surface area contributed by atoms with Crippen molar-refractivity contribution in [3.05, 3.63) is 71.0 Å². The van der Waals surface area contributed by atoms with Crippen LogP contribution in [0.15, 0.2) is 53.9 Å². The third-order valence-corrected chi connectivity index (χ3v) is 6.12. The number of piperazine rings is 1. The first kappa shape index (κ1) is 20.7. The Bertz CT molecular complexity index is 996. The smallest absolute Gasteiger partial charge is 0.238 e. The number of hydrogen-bond acceptors (Lipinski definition) is 5. The number of rotatable bonds is 6. The molecular weight excluding hydrogens is 399 g/mol. The minimum Gasteiger partial charge on any atom is -0.325 e. The van der Waals surface area contributed by atoms with Gasteiger partial charge in [0.15, 0.2) is 0 Å². The van der Waals surface area contributed by atoms with Gasteiger partial charge in [0, 0.05) is 49.4 Å². The number of anilines is 1. The van der Waals surface area contributed by atoms with Crippen LogP contribution in [-0.4, -0.2) is 53.4 Å². The molecule has 0 saturated carbocycles. The van der Waals surface area contributed by atoms with Crippen LogP contribution in [0.4, 0.5) is 10.1 Å². The lowest BCUT2D eigenvalue weighted by Crippen LogP contribution is -2.48. The van der Waals surface area contributed by atoms with Crippen LogP contribution in [0.3, 0.4) is 0 Å². The standard InChI is InChI=1S/C23H25FN4OS/c1-17-5-7-18(8-6-17)23-26-21(16-30-23)14-27-9-11-28(12-10-27)15-22(29)25-20-4-2-3-19(24)13-20/h2-8,13,16H,9-12,14-15H2,1H3,(H,25,29). The van der Waals surface area contributed by atoms with Crippen molar-refractivity contribution in [3.63, 3.8) is 0 Å². The average molecular weight is 425 g/mol. The summed E-state index contributed by atoms with van der Waals surface area (Å²) in [6.07, 6.45) is 0. The van der Waals surface area contributed by atoms with Crippen LogP contribution in [0.5, 0.6) is 0 Å². The molecule has 0 aliphatic carbocycles. The SMILES string of the molecule is Cc1ccc(-c2nc(CN3CCN(CC(=O)Nc4cccc(F)c4)CC3)cs2)cc1. The Hall–Kier alpha value is -2.61. The predicted molar refractivity (Wildman–Crippen MR) is 119 cm³/mol. The Labute approximate surface area is 180 Å². The van der Waals surface area contributed by atoms with Gasteiger partial charge in [0.25, 0.3) is 0 Å². The van der Waals surface area contributed by atoms with Gasteiger partial charge in [0.2, 0.25) is 5.91 Å². The number of aryl methyl sites for hydroxylation is 1. The molecule has 0 radical (unpaired) electrons. The molecule has 1 aliphatic heterocycles. The van der Waals surface area contributed by atoms with E-state index in [-0.39, 0.29) is 11.7 Å². The number of carbonyl (C=O) groups is 1. The third kappa shape index (κ3) is 5.50. The maximum absolute atomic E-state index is 13.2. The van der Waals surface area contributed by atoms with Crippen molar-refractivity contribution in [2.75, 3.05) is 38.0 Å². The van der Waals surface area contributed by atoms with E-state index in [1.807, 2.05) is 0 Å². The summed E-state index contributed by atoms with van der Waals surface area (Å²) >= 11 is 1.68. The second-order valence-electron chi connectivity index (χ2n) is 7.62. The van der Waals surface area contributed by atoms with Gasteiger partial charge in [-0.25, -0.2) is 9.37 Å². The highest BCUT2D eigenvalue weighted by atomic mass is 32.1. The summed E-state index contributed by atoms with van der Waals surface area (Å²) in [5.74, 6) is -0.467. The van der Waals surface area contributed by atoms with Gasteiger partial charge >= 0.3 is 0 Å². The number of carbonyl (C=O) groups excluding carboxylic acids is 1. The third-order valence-electron chi connectivity index (χ3n) is 5.18. The fraction of sp³-hybridized carbons (Fsp3) is 0.304. The molecule has 5 nitrogen and oxygen atoms in total. The number of nitrogens with one attached hydrogen (secondary N) is 1. The highest BCUT2D eigenvalue weighted by Crippen LogP contribution is 2.24. The topological polar surface area (TPSA) is 48.5 Å². The van der Waals surface area contributed by atoms with Crippen LogP contribution in [0.2, 0.25) is 0 Å². The minimum absolute atomic E-state index is 0.115. The van der Waals surface area contributed by atoms with Gasteiger partial charge in [0.05, 0.1) is 12.2 Å². The fourth-order valence-electron chi connectivity index (χ4n) is 3.51. The van der Waals surface area contributed by atoms with Crippen molar-refractivity contribution in [2.24, 2.45) is 0 Å².